The van der Waals surface area contributed by atoms with E-state index in [1.165, 1.54) is 16.4 Å². The highest BCUT2D eigenvalue weighted by Gasteiger charge is 2.16. The predicted octanol–water partition coefficient (Wildman–Crippen LogP) is 5.34. The van der Waals surface area contributed by atoms with Gasteiger partial charge in [0.05, 0.1) is 13.2 Å². The molecule has 9 nitrogen and oxygen atoms in total. The summed E-state index contributed by atoms with van der Waals surface area (Å²) in [6.07, 6.45) is 0.774. The Kier molecular flexibility index (Phi) is 9.50. The van der Waals surface area contributed by atoms with E-state index in [2.05, 4.69) is 4.84 Å². The summed E-state index contributed by atoms with van der Waals surface area (Å²) in [6.45, 7) is -0.400. The van der Waals surface area contributed by atoms with Crippen LogP contribution in [0.3, 0.4) is 0 Å². The first-order valence-corrected chi connectivity index (χ1v) is 12.6. The lowest BCUT2D eigenvalue weighted by Crippen LogP contribution is -2.18. The van der Waals surface area contributed by atoms with Gasteiger partial charge in [-0.15, -0.1) is 10.1 Å². The van der Waals surface area contributed by atoms with Crippen LogP contribution >= 0.6 is 32.9 Å². The molecule has 0 fully saturated rings. The van der Waals surface area contributed by atoms with Crippen LogP contribution in [0.2, 0.25) is 0 Å². The zero-order valence-electron chi connectivity index (χ0n) is 17.7. The molecule has 0 aliphatic heterocycles. The maximum Gasteiger partial charge on any atom is 0.347 e. The molecule has 0 atom stereocenters. The summed E-state index contributed by atoms with van der Waals surface area (Å²) in [4.78, 5) is 39.8. The normalized spacial score (nSPS) is 10.4. The lowest BCUT2D eigenvalue weighted by molar-refractivity contribution is -0.757. The number of hydrogen-bond donors (Lipinski definition) is 0. The summed E-state index contributed by atoms with van der Waals surface area (Å²) in [5.74, 6) is -0.722. The van der Waals surface area contributed by atoms with Crippen LogP contribution in [0.5, 0.6) is 11.5 Å². The van der Waals surface area contributed by atoms with E-state index in [4.69, 9.17) is 26.4 Å². The molecule has 2 aromatic carbocycles. The molecule has 34 heavy (non-hydrogen) atoms. The number of esters is 2. The SMILES string of the molecule is O=C(COc1ccccc1C(=O)Oc1ccc(-c2cc(=S)ss2)cc1)OCCCCO[N+](=O)[O-]. The molecule has 1 aromatic heterocycles. The van der Waals surface area contributed by atoms with Crippen LogP contribution in [-0.2, 0) is 14.4 Å². The van der Waals surface area contributed by atoms with Crippen LogP contribution < -0.4 is 9.47 Å². The Balaban J connectivity index is 1.50. The third-order valence-electron chi connectivity index (χ3n) is 4.26. The fraction of sp³-hybridized carbons (Fsp3) is 0.227. The number of carbonyl (C=O) groups excluding carboxylic acids is 2. The second kappa shape index (κ2) is 12.8. The van der Waals surface area contributed by atoms with Crippen molar-refractivity contribution in [1.82, 2.24) is 0 Å². The average Bonchev–Trinajstić information content (AvgIpc) is 3.26. The van der Waals surface area contributed by atoms with Crippen molar-refractivity contribution < 1.29 is 33.7 Å². The van der Waals surface area contributed by atoms with Crippen molar-refractivity contribution in [3.8, 4) is 21.9 Å². The molecule has 0 aliphatic rings. The monoisotopic (exact) mass is 521 g/mol. The molecule has 0 aliphatic carbocycles. The molecule has 0 saturated heterocycles. The van der Waals surface area contributed by atoms with Crippen LogP contribution in [0.1, 0.15) is 23.2 Å². The number of para-hydroxylation sites is 1. The van der Waals surface area contributed by atoms with Gasteiger partial charge in [0.1, 0.15) is 20.9 Å². The van der Waals surface area contributed by atoms with Gasteiger partial charge in [-0.3, -0.25) is 0 Å². The van der Waals surface area contributed by atoms with Gasteiger partial charge in [-0.2, -0.15) is 0 Å². The fourth-order valence-corrected chi connectivity index (χ4v) is 5.09. The summed E-state index contributed by atoms with van der Waals surface area (Å²) in [6, 6.07) is 15.4. The van der Waals surface area contributed by atoms with Gasteiger partial charge in [0.15, 0.2) is 6.61 Å². The summed E-state index contributed by atoms with van der Waals surface area (Å²) in [7, 11) is 3.11. The van der Waals surface area contributed by atoms with Gasteiger partial charge >= 0.3 is 11.9 Å². The van der Waals surface area contributed by atoms with Gasteiger partial charge in [-0.25, -0.2) is 9.59 Å². The fourth-order valence-electron chi connectivity index (χ4n) is 2.69. The van der Waals surface area contributed by atoms with Gasteiger partial charge < -0.3 is 19.0 Å². The third-order valence-corrected chi connectivity index (χ3v) is 7.17. The minimum Gasteiger partial charge on any atom is -0.481 e. The average molecular weight is 522 g/mol. The number of carbonyl (C=O) groups is 2. The molecule has 0 radical (unpaired) electrons. The molecule has 178 valence electrons. The van der Waals surface area contributed by atoms with E-state index in [0.717, 1.165) is 14.3 Å². The van der Waals surface area contributed by atoms with E-state index in [1.54, 1.807) is 40.7 Å². The second-order valence-corrected chi connectivity index (χ2v) is 9.59. The van der Waals surface area contributed by atoms with E-state index >= 15 is 0 Å². The Bertz CT molecular complexity index is 1190. The molecule has 0 N–H and O–H groups in total. The molecule has 3 aromatic rings. The van der Waals surface area contributed by atoms with Crippen molar-refractivity contribution in [2.24, 2.45) is 0 Å². The van der Waals surface area contributed by atoms with Gasteiger partial charge in [0, 0.05) is 4.88 Å². The number of unbranched alkanes of at least 4 members (excludes halogenated alkanes) is 1. The number of hydrogen-bond acceptors (Lipinski definition) is 11. The maximum absolute atomic E-state index is 12.7. The molecular weight excluding hydrogens is 502 g/mol. The standard InChI is InChI=1S/C22H19NO8S3/c24-20(28-11-3-4-12-30-23(26)27)14-29-18-6-2-1-5-17(18)22(25)31-16-9-7-15(8-10-16)19-13-21(32)34-33-19/h1-2,5-10,13H,3-4,11-12,14H2. The first-order chi connectivity index (χ1) is 16.4. The molecule has 12 heteroatoms. The summed E-state index contributed by atoms with van der Waals surface area (Å²) < 4.78 is 16.7. The minimum absolute atomic E-state index is 0.0662. The second-order valence-electron chi connectivity index (χ2n) is 6.68. The van der Waals surface area contributed by atoms with E-state index < -0.39 is 23.6 Å². The largest absolute Gasteiger partial charge is 0.481 e. The van der Waals surface area contributed by atoms with Gasteiger partial charge in [0.2, 0.25) is 0 Å². The number of benzene rings is 2. The van der Waals surface area contributed by atoms with E-state index in [0.29, 0.717) is 18.6 Å². The Morgan fingerprint density at radius 1 is 1.00 bits per heavy atom. The third kappa shape index (κ3) is 7.90. The molecule has 0 unspecified atom stereocenters. The Morgan fingerprint density at radius 3 is 2.44 bits per heavy atom. The highest BCUT2D eigenvalue weighted by Crippen LogP contribution is 2.30. The highest BCUT2D eigenvalue weighted by molar-refractivity contribution is 7.80. The molecule has 0 bridgehead atoms. The van der Waals surface area contributed by atoms with Crippen molar-refractivity contribution >= 4 is 44.8 Å². The lowest BCUT2D eigenvalue weighted by Gasteiger charge is -2.11. The molecule has 0 amide bonds. The van der Waals surface area contributed by atoms with Crippen molar-refractivity contribution in [3.05, 3.63) is 74.1 Å². The highest BCUT2D eigenvalue weighted by atomic mass is 32.9. The summed E-state index contributed by atoms with van der Waals surface area (Å²) in [5.41, 5.74) is 1.14. The van der Waals surface area contributed by atoms with Crippen molar-refractivity contribution in [3.63, 3.8) is 0 Å². The van der Waals surface area contributed by atoms with Gasteiger partial charge in [-0.1, -0.05) is 45.0 Å². The summed E-state index contributed by atoms with van der Waals surface area (Å²) in [5, 5.41) is 9.18. The lowest BCUT2D eigenvalue weighted by atomic mass is 10.2. The Hall–Kier alpha value is -3.35. The van der Waals surface area contributed by atoms with Crippen molar-refractivity contribution in [2.75, 3.05) is 19.8 Å². The van der Waals surface area contributed by atoms with Crippen molar-refractivity contribution in [2.45, 2.75) is 12.8 Å². The van der Waals surface area contributed by atoms with Gasteiger partial charge in [0.25, 0.3) is 5.09 Å². The zero-order chi connectivity index (χ0) is 24.3. The van der Waals surface area contributed by atoms with Crippen LogP contribution in [0.25, 0.3) is 10.4 Å². The zero-order valence-corrected chi connectivity index (χ0v) is 20.1. The molecule has 0 saturated carbocycles. The molecule has 1 heterocycles. The number of nitrogens with zero attached hydrogens (tertiary/aromatic N) is 1. The Morgan fingerprint density at radius 2 is 1.74 bits per heavy atom. The van der Waals surface area contributed by atoms with Crippen molar-refractivity contribution in [1.29, 1.82) is 0 Å². The first-order valence-electron chi connectivity index (χ1n) is 10.00. The van der Waals surface area contributed by atoms with Crippen LogP contribution in [0, 0.1) is 13.9 Å². The van der Waals surface area contributed by atoms with Gasteiger partial charge in [-0.05, 0) is 60.9 Å². The number of ether oxygens (including phenoxy) is 3. The summed E-state index contributed by atoms with van der Waals surface area (Å²) >= 11 is 5.16. The smallest absolute Gasteiger partial charge is 0.347 e. The number of rotatable bonds is 12. The predicted molar refractivity (Wildman–Crippen MR) is 129 cm³/mol. The quantitative estimate of drug-likeness (QED) is 0.0593. The molecule has 0 spiro atoms. The van der Waals surface area contributed by atoms with Crippen LogP contribution in [-0.4, -0.2) is 36.8 Å². The van der Waals surface area contributed by atoms with Crippen LogP contribution in [0.4, 0.5) is 0 Å². The topological polar surface area (TPSA) is 114 Å². The van der Waals surface area contributed by atoms with E-state index in [-0.39, 0.29) is 24.5 Å². The molecule has 3 rings (SSSR count). The molecular formula is C22H19NO8S3. The van der Waals surface area contributed by atoms with Crippen LogP contribution in [0.15, 0.2) is 54.6 Å². The van der Waals surface area contributed by atoms with E-state index in [1.807, 2.05) is 18.2 Å². The Labute approximate surface area is 207 Å². The maximum atomic E-state index is 12.7. The van der Waals surface area contributed by atoms with E-state index in [9.17, 15) is 19.7 Å². The minimum atomic E-state index is -0.875. The first kappa shape index (κ1) is 25.3.